The molecule has 31 heavy (non-hydrogen) atoms. The quantitative estimate of drug-likeness (QED) is 0.482. The number of amides is 1. The van der Waals surface area contributed by atoms with Gasteiger partial charge in [-0.05, 0) is 29.6 Å². The summed E-state index contributed by atoms with van der Waals surface area (Å²) in [5.74, 6) is 0.147. The second kappa shape index (κ2) is 8.79. The van der Waals surface area contributed by atoms with Gasteiger partial charge in [0.1, 0.15) is 17.0 Å². The van der Waals surface area contributed by atoms with Gasteiger partial charge in [-0.2, -0.15) is 0 Å². The number of anilines is 1. The summed E-state index contributed by atoms with van der Waals surface area (Å²) < 4.78 is 8.17. The van der Waals surface area contributed by atoms with E-state index in [1.165, 1.54) is 23.0 Å². The molecule has 1 amide bonds. The second-order valence-corrected chi connectivity index (χ2v) is 8.06. The molecule has 0 aliphatic rings. The highest BCUT2D eigenvalue weighted by atomic mass is 35.5. The van der Waals surface area contributed by atoms with E-state index in [0.29, 0.717) is 32.2 Å². The molecule has 0 spiro atoms. The lowest BCUT2D eigenvalue weighted by Crippen LogP contribution is -2.41. The van der Waals surface area contributed by atoms with Crippen LogP contribution in [0.3, 0.4) is 0 Å². The summed E-state index contributed by atoms with van der Waals surface area (Å²) in [6, 6.07) is 15.7. The Hall–Kier alpha value is -3.36. The smallest absolute Gasteiger partial charge is 0.332 e. The number of nitrogens with one attached hydrogen (secondary N) is 1. The minimum atomic E-state index is -0.573. The number of ether oxygens (including phenoxy) is 1. The first-order valence-electron chi connectivity index (χ1n) is 9.36. The third kappa shape index (κ3) is 4.12. The molecule has 7 nitrogen and oxygen atoms in total. The molecule has 158 valence electrons. The van der Waals surface area contributed by atoms with Crippen molar-refractivity contribution in [2.24, 2.45) is 0 Å². The summed E-state index contributed by atoms with van der Waals surface area (Å²) in [6.45, 7) is -0.231. The number of aromatic nitrogens is 2. The van der Waals surface area contributed by atoms with E-state index in [0.717, 1.165) is 4.57 Å². The van der Waals surface area contributed by atoms with Crippen molar-refractivity contribution in [3.8, 4) is 5.75 Å². The third-order valence-corrected chi connectivity index (χ3v) is 6.03. The number of para-hydroxylation sites is 2. The van der Waals surface area contributed by atoms with Crippen LogP contribution in [0.1, 0.15) is 5.56 Å². The van der Waals surface area contributed by atoms with Crippen LogP contribution in [-0.4, -0.2) is 22.2 Å². The molecule has 0 atom stereocenters. The first-order valence-corrected chi connectivity index (χ1v) is 10.6. The van der Waals surface area contributed by atoms with Crippen LogP contribution in [0.25, 0.3) is 10.2 Å². The van der Waals surface area contributed by atoms with E-state index >= 15 is 0 Å². The average Bonchev–Trinajstić information content (AvgIpc) is 3.26. The molecular weight excluding hydrogens is 438 g/mol. The monoisotopic (exact) mass is 455 g/mol. The predicted molar refractivity (Wildman–Crippen MR) is 123 cm³/mol. The molecule has 2 heterocycles. The van der Waals surface area contributed by atoms with Crippen molar-refractivity contribution in [2.45, 2.75) is 13.1 Å². The number of hydrogen-bond acceptors (Lipinski definition) is 5. The van der Waals surface area contributed by atoms with E-state index in [9.17, 15) is 14.4 Å². The van der Waals surface area contributed by atoms with Crippen molar-refractivity contribution in [1.82, 2.24) is 9.13 Å². The lowest BCUT2D eigenvalue weighted by atomic mass is 10.2. The van der Waals surface area contributed by atoms with Gasteiger partial charge < -0.3 is 10.1 Å². The molecule has 0 aliphatic heterocycles. The summed E-state index contributed by atoms with van der Waals surface area (Å²) in [5.41, 5.74) is 0.587. The molecule has 9 heteroatoms. The van der Waals surface area contributed by atoms with Gasteiger partial charge in [0.25, 0.3) is 5.56 Å². The fraction of sp³-hybridized carbons (Fsp3) is 0.136. The molecule has 2 aromatic heterocycles. The summed E-state index contributed by atoms with van der Waals surface area (Å²) in [6.07, 6.45) is 0. The van der Waals surface area contributed by atoms with E-state index in [1.807, 2.05) is 12.1 Å². The van der Waals surface area contributed by atoms with Crippen molar-refractivity contribution in [3.05, 3.63) is 91.4 Å². The van der Waals surface area contributed by atoms with Gasteiger partial charge in [-0.15, -0.1) is 11.3 Å². The maximum atomic E-state index is 13.2. The summed E-state index contributed by atoms with van der Waals surface area (Å²) >= 11 is 7.33. The molecule has 0 radical (unpaired) electrons. The van der Waals surface area contributed by atoms with Gasteiger partial charge in [0.2, 0.25) is 5.91 Å². The zero-order valence-corrected chi connectivity index (χ0v) is 18.1. The van der Waals surface area contributed by atoms with E-state index in [1.54, 1.807) is 47.8 Å². The maximum Gasteiger partial charge on any atom is 0.332 e. The molecule has 4 rings (SSSR count). The highest BCUT2D eigenvalue weighted by Crippen LogP contribution is 2.21. The Labute approximate surface area is 186 Å². The number of halogens is 1. The predicted octanol–water partition coefficient (Wildman–Crippen LogP) is 3.57. The lowest BCUT2D eigenvalue weighted by molar-refractivity contribution is -0.116. The largest absolute Gasteiger partial charge is 0.496 e. The highest BCUT2D eigenvalue weighted by Gasteiger charge is 2.18. The van der Waals surface area contributed by atoms with Gasteiger partial charge in [-0.3, -0.25) is 18.7 Å². The highest BCUT2D eigenvalue weighted by molar-refractivity contribution is 7.17. The fourth-order valence-corrected chi connectivity index (χ4v) is 4.35. The normalized spacial score (nSPS) is 10.9. The van der Waals surface area contributed by atoms with Gasteiger partial charge in [-0.1, -0.05) is 41.9 Å². The van der Waals surface area contributed by atoms with E-state index < -0.39 is 17.2 Å². The number of benzene rings is 2. The number of hydrogen-bond donors (Lipinski definition) is 1. The third-order valence-electron chi connectivity index (χ3n) is 4.81. The van der Waals surface area contributed by atoms with Crippen LogP contribution < -0.4 is 21.3 Å². The lowest BCUT2D eigenvalue weighted by Gasteiger charge is -2.14. The molecular formula is C22H18ClN3O4S. The van der Waals surface area contributed by atoms with Crippen LogP contribution in [0.2, 0.25) is 5.02 Å². The van der Waals surface area contributed by atoms with E-state index in [2.05, 4.69) is 5.32 Å². The minimum Gasteiger partial charge on any atom is -0.496 e. The molecule has 0 aliphatic carbocycles. The van der Waals surface area contributed by atoms with Gasteiger partial charge >= 0.3 is 5.69 Å². The number of rotatable bonds is 6. The molecule has 1 N–H and O–H groups in total. The van der Waals surface area contributed by atoms with Crippen LogP contribution in [0, 0.1) is 0 Å². The van der Waals surface area contributed by atoms with Crippen LogP contribution in [-0.2, 0) is 17.9 Å². The van der Waals surface area contributed by atoms with Crippen LogP contribution >= 0.6 is 22.9 Å². The standard InChI is InChI=1S/C22H18ClN3O4S/c1-30-18-9-5-2-6-14(18)12-26-21(28)20-17(10-11-31-20)25(22(26)29)13-19(27)24-16-8-4-3-7-15(16)23/h2-11H,12-13H2,1H3,(H,24,27). The maximum absolute atomic E-state index is 13.2. The zero-order valence-electron chi connectivity index (χ0n) is 16.5. The Bertz CT molecular complexity index is 1390. The molecule has 0 bridgehead atoms. The number of fused-ring (bicyclic) bond motifs is 1. The van der Waals surface area contributed by atoms with Crippen molar-refractivity contribution in [2.75, 3.05) is 12.4 Å². The van der Waals surface area contributed by atoms with Gasteiger partial charge in [0, 0.05) is 5.56 Å². The Morgan fingerprint density at radius 2 is 1.81 bits per heavy atom. The SMILES string of the molecule is COc1ccccc1Cn1c(=O)c2sccc2n(CC(=O)Nc2ccccc2Cl)c1=O. The zero-order chi connectivity index (χ0) is 22.0. The number of methoxy groups -OCH3 is 1. The van der Waals surface area contributed by atoms with Crippen LogP contribution in [0.5, 0.6) is 5.75 Å². The molecule has 4 aromatic rings. The first-order chi connectivity index (χ1) is 15.0. The number of nitrogens with zero attached hydrogens (tertiary/aromatic N) is 2. The van der Waals surface area contributed by atoms with Gasteiger partial charge in [0.15, 0.2) is 0 Å². The molecule has 0 unspecified atom stereocenters. The molecule has 0 saturated heterocycles. The molecule has 0 saturated carbocycles. The minimum absolute atomic E-state index is 0.0294. The second-order valence-electron chi connectivity index (χ2n) is 6.73. The average molecular weight is 456 g/mol. The molecule has 2 aromatic carbocycles. The van der Waals surface area contributed by atoms with E-state index in [4.69, 9.17) is 16.3 Å². The van der Waals surface area contributed by atoms with Crippen molar-refractivity contribution < 1.29 is 9.53 Å². The fourth-order valence-electron chi connectivity index (χ4n) is 3.33. The Balaban J connectivity index is 1.75. The number of carbonyl (C=O) groups excluding carboxylic acids is 1. The topological polar surface area (TPSA) is 82.3 Å². The summed E-state index contributed by atoms with van der Waals surface area (Å²) in [7, 11) is 1.53. The van der Waals surface area contributed by atoms with Gasteiger partial charge in [0.05, 0.1) is 29.9 Å². The Morgan fingerprint density at radius 3 is 2.58 bits per heavy atom. The van der Waals surface area contributed by atoms with Crippen LogP contribution in [0.15, 0.2) is 69.6 Å². The number of carbonyl (C=O) groups is 1. The van der Waals surface area contributed by atoms with E-state index in [-0.39, 0.29) is 13.1 Å². The first kappa shape index (κ1) is 20.9. The number of thiophene rings is 1. The van der Waals surface area contributed by atoms with Crippen LogP contribution in [0.4, 0.5) is 5.69 Å². The molecule has 0 fully saturated rings. The van der Waals surface area contributed by atoms with Crippen molar-refractivity contribution >= 4 is 44.7 Å². The van der Waals surface area contributed by atoms with Crippen molar-refractivity contribution in [1.29, 1.82) is 0 Å². The Morgan fingerprint density at radius 1 is 1.06 bits per heavy atom. The van der Waals surface area contributed by atoms with Crippen molar-refractivity contribution in [3.63, 3.8) is 0 Å². The van der Waals surface area contributed by atoms with Gasteiger partial charge in [-0.25, -0.2) is 4.79 Å². The summed E-state index contributed by atoms with van der Waals surface area (Å²) in [5, 5.41) is 4.83. The summed E-state index contributed by atoms with van der Waals surface area (Å²) in [4.78, 5) is 38.9. The Kier molecular flexibility index (Phi) is 5.92.